The van der Waals surface area contributed by atoms with Crippen molar-refractivity contribution in [2.75, 3.05) is 6.54 Å². The monoisotopic (exact) mass is 428 g/mol. The Morgan fingerprint density at radius 2 is 1.79 bits per heavy atom. The highest BCUT2D eigenvalue weighted by Gasteiger charge is 2.09. The van der Waals surface area contributed by atoms with E-state index in [0.717, 1.165) is 21.2 Å². The predicted octanol–water partition coefficient (Wildman–Crippen LogP) is 2.88. The van der Waals surface area contributed by atoms with Crippen LogP contribution >= 0.6 is 23.1 Å². The first kappa shape index (κ1) is 20.8. The van der Waals surface area contributed by atoms with Gasteiger partial charge in [0, 0.05) is 31.2 Å². The third kappa shape index (κ3) is 6.30. The number of carbonyl (C=O) groups excluding carboxylic acids is 3. The van der Waals surface area contributed by atoms with E-state index in [-0.39, 0.29) is 24.8 Å². The Bertz CT molecular complexity index is 985. The number of carbonyl (C=O) groups is 3. The van der Waals surface area contributed by atoms with Gasteiger partial charge in [0.05, 0.1) is 10.2 Å². The zero-order valence-corrected chi connectivity index (χ0v) is 17.4. The molecule has 29 heavy (non-hydrogen) atoms. The van der Waals surface area contributed by atoms with Gasteiger partial charge in [0.15, 0.2) is 4.34 Å². The second-order valence-electron chi connectivity index (χ2n) is 6.17. The molecule has 0 unspecified atom stereocenters. The van der Waals surface area contributed by atoms with Crippen molar-refractivity contribution in [3.63, 3.8) is 0 Å². The van der Waals surface area contributed by atoms with Crippen LogP contribution in [0.3, 0.4) is 0 Å². The minimum Gasteiger partial charge on any atom is -0.356 e. The van der Waals surface area contributed by atoms with Gasteiger partial charge in [-0.3, -0.25) is 25.2 Å². The van der Waals surface area contributed by atoms with E-state index in [9.17, 15) is 14.4 Å². The molecule has 3 rings (SSSR count). The number of nitrogens with one attached hydrogen (secondary N) is 3. The van der Waals surface area contributed by atoms with Crippen LogP contribution in [0.4, 0.5) is 0 Å². The lowest BCUT2D eigenvalue weighted by molar-refractivity contribution is -0.122. The van der Waals surface area contributed by atoms with E-state index in [2.05, 4.69) is 27.2 Å². The first-order valence-corrected chi connectivity index (χ1v) is 10.7. The molecular formula is C20H20N4O3S2. The number of fused-ring (bicyclic) bond motifs is 1. The Morgan fingerprint density at radius 3 is 2.52 bits per heavy atom. The predicted molar refractivity (Wildman–Crippen MR) is 115 cm³/mol. The number of rotatable bonds is 7. The van der Waals surface area contributed by atoms with Gasteiger partial charge in [-0.15, -0.1) is 11.3 Å². The topological polar surface area (TPSA) is 100 Å². The van der Waals surface area contributed by atoms with Crippen LogP contribution in [-0.4, -0.2) is 29.3 Å². The van der Waals surface area contributed by atoms with Gasteiger partial charge in [0.25, 0.3) is 5.91 Å². The number of thiazole rings is 1. The molecular weight excluding hydrogens is 408 g/mol. The van der Waals surface area contributed by atoms with Crippen molar-refractivity contribution in [3.8, 4) is 0 Å². The molecule has 0 bridgehead atoms. The average Bonchev–Trinajstić information content (AvgIpc) is 3.13. The van der Waals surface area contributed by atoms with Crippen molar-refractivity contribution in [1.82, 2.24) is 21.2 Å². The van der Waals surface area contributed by atoms with Crippen molar-refractivity contribution in [2.24, 2.45) is 0 Å². The Labute approximate surface area is 176 Å². The third-order valence-corrected chi connectivity index (χ3v) is 6.14. The Hall–Kier alpha value is -2.91. The van der Waals surface area contributed by atoms with Gasteiger partial charge in [0.2, 0.25) is 11.8 Å². The van der Waals surface area contributed by atoms with Gasteiger partial charge in [0.1, 0.15) is 0 Å². The number of aromatic nitrogens is 1. The summed E-state index contributed by atoms with van der Waals surface area (Å²) in [7, 11) is 0. The summed E-state index contributed by atoms with van der Waals surface area (Å²) >= 11 is 3.32. The number of thioether (sulfide) groups is 1. The molecule has 2 aromatic carbocycles. The fourth-order valence-electron chi connectivity index (χ4n) is 2.42. The van der Waals surface area contributed by atoms with E-state index >= 15 is 0 Å². The summed E-state index contributed by atoms with van der Waals surface area (Å²) in [6, 6.07) is 15.2. The van der Waals surface area contributed by atoms with E-state index < -0.39 is 5.91 Å². The number of nitrogens with zero attached hydrogens (tertiary/aromatic N) is 1. The quantitative estimate of drug-likeness (QED) is 0.397. The molecule has 1 heterocycles. The summed E-state index contributed by atoms with van der Waals surface area (Å²) in [4.78, 5) is 39.1. The van der Waals surface area contributed by atoms with Crippen molar-refractivity contribution in [3.05, 3.63) is 59.7 Å². The van der Waals surface area contributed by atoms with Gasteiger partial charge in [-0.2, -0.15) is 0 Å². The van der Waals surface area contributed by atoms with Crippen molar-refractivity contribution < 1.29 is 14.4 Å². The largest absolute Gasteiger partial charge is 0.356 e. The summed E-state index contributed by atoms with van der Waals surface area (Å²) in [5.41, 5.74) is 7.22. The summed E-state index contributed by atoms with van der Waals surface area (Å²) in [6.07, 6.45) is 0.0851. The van der Waals surface area contributed by atoms with Crippen LogP contribution in [0.15, 0.2) is 52.9 Å². The molecule has 0 saturated heterocycles. The smallest absolute Gasteiger partial charge is 0.269 e. The Morgan fingerprint density at radius 1 is 1.03 bits per heavy atom. The second-order valence-corrected chi connectivity index (χ2v) is 8.42. The molecule has 9 heteroatoms. The number of hydrogen-bond donors (Lipinski definition) is 3. The molecule has 0 spiro atoms. The first-order chi connectivity index (χ1) is 14.0. The maximum atomic E-state index is 12.1. The lowest BCUT2D eigenvalue weighted by Gasteiger charge is -2.08. The highest BCUT2D eigenvalue weighted by molar-refractivity contribution is 8.00. The molecule has 0 atom stereocenters. The summed E-state index contributed by atoms with van der Waals surface area (Å²) in [6.45, 7) is 1.60. The van der Waals surface area contributed by atoms with E-state index in [1.54, 1.807) is 35.2 Å². The zero-order valence-electron chi connectivity index (χ0n) is 15.7. The molecule has 0 aliphatic heterocycles. The van der Waals surface area contributed by atoms with Crippen molar-refractivity contribution >= 4 is 51.0 Å². The Kier molecular flexibility index (Phi) is 7.20. The lowest BCUT2D eigenvalue weighted by atomic mass is 10.1. The lowest BCUT2D eigenvalue weighted by Crippen LogP contribution is -2.42. The molecule has 1 aromatic heterocycles. The summed E-state index contributed by atoms with van der Waals surface area (Å²) in [5, 5.41) is 2.51. The number of para-hydroxylation sites is 1. The van der Waals surface area contributed by atoms with E-state index in [1.165, 1.54) is 11.6 Å². The van der Waals surface area contributed by atoms with Crippen molar-refractivity contribution in [1.29, 1.82) is 0 Å². The summed E-state index contributed by atoms with van der Waals surface area (Å²) in [5.74, 6) is -0.232. The molecule has 7 nitrogen and oxygen atoms in total. The minimum absolute atomic E-state index is 0.0851. The molecule has 3 N–H and O–H groups in total. The maximum absolute atomic E-state index is 12.1. The average molecular weight is 429 g/mol. The fraction of sp³-hybridized carbons (Fsp3) is 0.200. The normalized spacial score (nSPS) is 10.5. The highest BCUT2D eigenvalue weighted by Crippen LogP contribution is 2.31. The molecule has 150 valence electrons. The van der Waals surface area contributed by atoms with Crippen LogP contribution < -0.4 is 16.2 Å². The second kappa shape index (κ2) is 10.0. The molecule has 0 aliphatic rings. The fourth-order valence-corrected chi connectivity index (χ4v) is 4.45. The van der Waals surface area contributed by atoms with E-state index in [0.29, 0.717) is 5.56 Å². The SMILES string of the molecule is CC(=O)NCCC(=O)NNC(=O)c1ccc(CSc2nc3ccccc3s2)cc1. The Balaban J connectivity index is 1.45. The van der Waals surface area contributed by atoms with Crippen LogP contribution in [0, 0.1) is 0 Å². The third-order valence-electron chi connectivity index (χ3n) is 3.89. The van der Waals surface area contributed by atoms with Crippen LogP contribution in [0.1, 0.15) is 29.3 Å². The van der Waals surface area contributed by atoms with Gasteiger partial charge >= 0.3 is 0 Å². The molecule has 0 radical (unpaired) electrons. The van der Waals surface area contributed by atoms with E-state index in [1.807, 2.05) is 30.3 Å². The molecule has 0 fully saturated rings. The van der Waals surface area contributed by atoms with Gasteiger partial charge in [-0.05, 0) is 29.8 Å². The number of hydrogen-bond acceptors (Lipinski definition) is 6. The van der Waals surface area contributed by atoms with E-state index in [4.69, 9.17) is 0 Å². The van der Waals surface area contributed by atoms with Gasteiger partial charge in [-0.1, -0.05) is 36.0 Å². The first-order valence-electron chi connectivity index (χ1n) is 8.92. The van der Waals surface area contributed by atoms with Crippen LogP contribution in [0.25, 0.3) is 10.2 Å². The molecule has 3 aromatic rings. The highest BCUT2D eigenvalue weighted by atomic mass is 32.2. The standard InChI is InChI=1S/C20H20N4O3S2/c1-13(25)21-11-10-18(26)23-24-19(27)15-8-6-14(7-9-15)12-28-20-22-16-4-2-3-5-17(16)29-20/h2-9H,10-12H2,1H3,(H,21,25)(H,23,26)(H,24,27). The van der Waals surface area contributed by atoms with Crippen LogP contribution in [-0.2, 0) is 15.3 Å². The minimum atomic E-state index is -0.400. The number of amides is 3. The van der Waals surface area contributed by atoms with Gasteiger partial charge in [-0.25, -0.2) is 4.98 Å². The van der Waals surface area contributed by atoms with Crippen molar-refractivity contribution in [2.45, 2.75) is 23.4 Å². The molecule has 0 saturated carbocycles. The maximum Gasteiger partial charge on any atom is 0.269 e. The zero-order chi connectivity index (χ0) is 20.6. The molecule has 3 amide bonds. The van der Waals surface area contributed by atoms with Crippen LogP contribution in [0.2, 0.25) is 0 Å². The number of hydrazine groups is 1. The molecule has 0 aliphatic carbocycles. The van der Waals surface area contributed by atoms with Crippen LogP contribution in [0.5, 0.6) is 0 Å². The summed E-state index contributed by atoms with van der Waals surface area (Å²) < 4.78 is 2.18. The number of benzene rings is 2. The van der Waals surface area contributed by atoms with Gasteiger partial charge < -0.3 is 5.32 Å².